The molecule has 2 rings (SSSR count). The fraction of sp³-hybridized carbons (Fsp3) is 0.438. The summed E-state index contributed by atoms with van der Waals surface area (Å²) in [6.07, 6.45) is 6.37. The highest BCUT2D eigenvalue weighted by molar-refractivity contribution is 5.83. The molecule has 1 aromatic rings. The molecule has 0 saturated heterocycles. The molecule has 0 atom stereocenters. The van der Waals surface area contributed by atoms with E-state index in [-0.39, 0.29) is 5.97 Å². The molecule has 0 radical (unpaired) electrons. The molecule has 0 aromatic heterocycles. The van der Waals surface area contributed by atoms with Crippen LogP contribution in [0.2, 0.25) is 0 Å². The molecule has 0 N–H and O–H groups in total. The Morgan fingerprint density at radius 3 is 2.39 bits per heavy atom. The van der Waals surface area contributed by atoms with Crippen molar-refractivity contribution in [2.45, 2.75) is 44.4 Å². The molecular weight excluding hydrogens is 224 g/mol. The number of benzene rings is 1. The third kappa shape index (κ3) is 2.33. The maximum absolute atomic E-state index is 12.3. The van der Waals surface area contributed by atoms with E-state index in [1.807, 2.05) is 0 Å². The summed E-state index contributed by atoms with van der Waals surface area (Å²) in [6, 6.07) is 8.25. The molecule has 1 saturated carbocycles. The Morgan fingerprint density at radius 1 is 1.22 bits per heavy atom. The van der Waals surface area contributed by atoms with Crippen molar-refractivity contribution in [1.82, 2.24) is 0 Å². The first-order valence-electron chi connectivity index (χ1n) is 6.58. The summed E-state index contributed by atoms with van der Waals surface area (Å²) in [7, 11) is 0. The van der Waals surface area contributed by atoms with E-state index in [1.165, 1.54) is 18.2 Å². The van der Waals surface area contributed by atoms with Crippen LogP contribution < -0.4 is 0 Å². The van der Waals surface area contributed by atoms with Gasteiger partial charge in [-0.2, -0.15) is 0 Å². The maximum atomic E-state index is 12.3. The summed E-state index contributed by atoms with van der Waals surface area (Å²) in [4.78, 5) is 12.3. The zero-order chi connectivity index (χ0) is 13.0. The summed E-state index contributed by atoms with van der Waals surface area (Å²) in [5.74, 6) is -0.152. The molecule has 1 aliphatic rings. The number of ether oxygens (including phenoxy) is 1. The zero-order valence-electron chi connectivity index (χ0n) is 10.9. The fourth-order valence-corrected chi connectivity index (χ4v) is 2.83. The Morgan fingerprint density at radius 2 is 1.83 bits per heavy atom. The van der Waals surface area contributed by atoms with Crippen LogP contribution in [0, 0.1) is 6.92 Å². The van der Waals surface area contributed by atoms with Gasteiger partial charge in [-0.05, 0) is 25.3 Å². The van der Waals surface area contributed by atoms with Crippen LogP contribution >= 0.6 is 0 Å². The molecule has 0 amide bonds. The number of hydrogen-bond donors (Lipinski definition) is 0. The number of esters is 1. The Labute approximate surface area is 109 Å². The third-order valence-electron chi connectivity index (χ3n) is 3.89. The topological polar surface area (TPSA) is 26.3 Å². The standard InChI is InChI=1S/C16H20O2/c1-3-18-15(17)16(11-5-4-6-12-16)14-9-7-13(2)8-10-14/h3,7-10H,1,4-6,11-12H2,2H3. The van der Waals surface area contributed by atoms with Crippen molar-refractivity contribution in [3.8, 4) is 0 Å². The number of rotatable bonds is 3. The van der Waals surface area contributed by atoms with E-state index < -0.39 is 5.41 Å². The van der Waals surface area contributed by atoms with Crippen molar-refractivity contribution < 1.29 is 9.53 Å². The van der Waals surface area contributed by atoms with Gasteiger partial charge in [-0.1, -0.05) is 55.7 Å². The van der Waals surface area contributed by atoms with Gasteiger partial charge in [-0.3, -0.25) is 4.79 Å². The highest BCUT2D eigenvalue weighted by Crippen LogP contribution is 2.40. The van der Waals surface area contributed by atoms with Gasteiger partial charge < -0.3 is 4.74 Å². The minimum atomic E-state index is -0.458. The summed E-state index contributed by atoms with van der Waals surface area (Å²) >= 11 is 0. The lowest BCUT2D eigenvalue weighted by Gasteiger charge is -2.35. The highest BCUT2D eigenvalue weighted by Gasteiger charge is 2.42. The smallest absolute Gasteiger partial charge is 0.321 e. The second-order valence-electron chi connectivity index (χ2n) is 5.08. The lowest BCUT2D eigenvalue weighted by Crippen LogP contribution is -2.38. The van der Waals surface area contributed by atoms with Gasteiger partial charge in [0.15, 0.2) is 0 Å². The number of aryl methyl sites for hydroxylation is 1. The monoisotopic (exact) mass is 244 g/mol. The minimum absolute atomic E-state index is 0.152. The fourth-order valence-electron chi connectivity index (χ4n) is 2.83. The van der Waals surface area contributed by atoms with E-state index in [0.29, 0.717) is 0 Å². The molecule has 0 aliphatic heterocycles. The molecule has 96 valence electrons. The van der Waals surface area contributed by atoms with Gasteiger partial charge in [0.2, 0.25) is 0 Å². The summed E-state index contributed by atoms with van der Waals surface area (Å²) in [5.41, 5.74) is 1.83. The van der Waals surface area contributed by atoms with Crippen LogP contribution in [-0.4, -0.2) is 5.97 Å². The SMILES string of the molecule is C=COC(=O)C1(c2ccc(C)cc2)CCCCC1. The molecule has 18 heavy (non-hydrogen) atoms. The Kier molecular flexibility index (Phi) is 3.85. The zero-order valence-corrected chi connectivity index (χ0v) is 10.9. The first-order valence-corrected chi connectivity index (χ1v) is 6.58. The van der Waals surface area contributed by atoms with Crippen molar-refractivity contribution in [3.05, 3.63) is 48.2 Å². The summed E-state index contributed by atoms with van der Waals surface area (Å²) < 4.78 is 5.09. The van der Waals surface area contributed by atoms with Crippen LogP contribution in [0.1, 0.15) is 43.2 Å². The molecule has 1 fully saturated rings. The normalized spacial score (nSPS) is 18.1. The lowest BCUT2D eigenvalue weighted by molar-refractivity contribution is -0.146. The molecular formula is C16H20O2. The van der Waals surface area contributed by atoms with E-state index in [0.717, 1.165) is 31.2 Å². The maximum Gasteiger partial charge on any atom is 0.321 e. The average molecular weight is 244 g/mol. The van der Waals surface area contributed by atoms with E-state index in [4.69, 9.17) is 4.74 Å². The van der Waals surface area contributed by atoms with Crippen LogP contribution in [0.3, 0.4) is 0 Å². The van der Waals surface area contributed by atoms with Crippen LogP contribution in [0.25, 0.3) is 0 Å². The van der Waals surface area contributed by atoms with E-state index in [9.17, 15) is 4.79 Å². The van der Waals surface area contributed by atoms with Crippen molar-refractivity contribution in [3.63, 3.8) is 0 Å². The van der Waals surface area contributed by atoms with Crippen LogP contribution in [0.5, 0.6) is 0 Å². The largest absolute Gasteiger partial charge is 0.434 e. The average Bonchev–Trinajstić information content (AvgIpc) is 2.40. The predicted octanol–water partition coefficient (Wildman–Crippen LogP) is 3.88. The van der Waals surface area contributed by atoms with Gasteiger partial charge in [0, 0.05) is 0 Å². The molecule has 0 spiro atoms. The minimum Gasteiger partial charge on any atom is -0.434 e. The van der Waals surface area contributed by atoms with E-state index in [1.54, 1.807) is 0 Å². The van der Waals surface area contributed by atoms with Crippen molar-refractivity contribution in [2.24, 2.45) is 0 Å². The van der Waals surface area contributed by atoms with Gasteiger partial charge in [-0.15, -0.1) is 0 Å². The van der Waals surface area contributed by atoms with Gasteiger partial charge >= 0.3 is 5.97 Å². The lowest BCUT2D eigenvalue weighted by atomic mass is 9.69. The summed E-state index contributed by atoms with van der Waals surface area (Å²) in [5, 5.41) is 0. The van der Waals surface area contributed by atoms with Gasteiger partial charge in [-0.25, -0.2) is 0 Å². The van der Waals surface area contributed by atoms with Crippen molar-refractivity contribution in [1.29, 1.82) is 0 Å². The quantitative estimate of drug-likeness (QED) is 0.595. The Bertz CT molecular complexity index is 425. The van der Waals surface area contributed by atoms with Gasteiger partial charge in [0.05, 0.1) is 11.7 Å². The van der Waals surface area contributed by atoms with Crippen molar-refractivity contribution >= 4 is 5.97 Å². The predicted molar refractivity (Wildman–Crippen MR) is 72.2 cm³/mol. The Hall–Kier alpha value is -1.57. The molecule has 1 aromatic carbocycles. The molecule has 1 aliphatic carbocycles. The molecule has 0 heterocycles. The van der Waals surface area contributed by atoms with Crippen LogP contribution in [-0.2, 0) is 14.9 Å². The summed E-state index contributed by atoms with van der Waals surface area (Å²) in [6.45, 7) is 5.55. The third-order valence-corrected chi connectivity index (χ3v) is 3.89. The van der Waals surface area contributed by atoms with Crippen LogP contribution in [0.4, 0.5) is 0 Å². The number of carbonyl (C=O) groups excluding carboxylic acids is 1. The second-order valence-corrected chi connectivity index (χ2v) is 5.08. The van der Waals surface area contributed by atoms with Gasteiger partial charge in [0.1, 0.15) is 0 Å². The first kappa shape index (κ1) is 12.9. The van der Waals surface area contributed by atoms with Crippen LogP contribution in [0.15, 0.2) is 37.1 Å². The van der Waals surface area contributed by atoms with Gasteiger partial charge in [0.25, 0.3) is 0 Å². The number of hydrogen-bond acceptors (Lipinski definition) is 2. The molecule has 0 unspecified atom stereocenters. The molecule has 0 bridgehead atoms. The molecule has 2 heteroatoms. The first-order chi connectivity index (χ1) is 8.69. The van der Waals surface area contributed by atoms with E-state index in [2.05, 4.69) is 37.8 Å². The highest BCUT2D eigenvalue weighted by atomic mass is 16.5. The van der Waals surface area contributed by atoms with Crippen molar-refractivity contribution in [2.75, 3.05) is 0 Å². The number of carbonyl (C=O) groups is 1. The second kappa shape index (κ2) is 5.38. The molecule has 2 nitrogen and oxygen atoms in total. The Balaban J connectivity index is 2.37. The van der Waals surface area contributed by atoms with E-state index >= 15 is 0 Å².